The molecule has 0 aromatic heterocycles. The van der Waals surface area contributed by atoms with E-state index >= 15 is 0 Å². The van der Waals surface area contributed by atoms with Gasteiger partial charge in [0.2, 0.25) is 0 Å². The Balaban J connectivity index is 1.62. The van der Waals surface area contributed by atoms with E-state index in [1.54, 1.807) is 0 Å². The minimum absolute atomic E-state index is 0.0241. The summed E-state index contributed by atoms with van der Waals surface area (Å²) in [5.41, 5.74) is 0.248. The smallest absolute Gasteiger partial charge is 0.303 e. The van der Waals surface area contributed by atoms with Gasteiger partial charge in [0.25, 0.3) is 0 Å². The van der Waals surface area contributed by atoms with Crippen molar-refractivity contribution in [1.29, 1.82) is 0 Å². The molecule has 5 heteroatoms. The van der Waals surface area contributed by atoms with Gasteiger partial charge in [0.05, 0.1) is 5.60 Å². The number of ether oxygens (including phenoxy) is 2. The molecule has 5 nitrogen and oxygen atoms in total. The molecule has 3 saturated carbocycles. The van der Waals surface area contributed by atoms with Crippen molar-refractivity contribution in [3.8, 4) is 0 Å². The zero-order chi connectivity index (χ0) is 20.3. The molecule has 0 aromatic carbocycles. The fraction of sp³-hybridized carbons (Fsp3) is 0.826. The maximum absolute atomic E-state index is 12.1. The van der Waals surface area contributed by atoms with Gasteiger partial charge in [-0.15, -0.1) is 0 Å². The van der Waals surface area contributed by atoms with Gasteiger partial charge in [-0.2, -0.15) is 0 Å². The first-order valence-corrected chi connectivity index (χ1v) is 10.9. The number of carbonyl (C=O) groups is 2. The quantitative estimate of drug-likeness (QED) is 0.571. The normalized spacial score (nSPS) is 47.2. The number of carbonyl (C=O) groups excluding carboxylic acids is 2. The zero-order valence-electron chi connectivity index (χ0n) is 17.6. The largest absolute Gasteiger partial charge is 0.462 e. The van der Waals surface area contributed by atoms with Crippen LogP contribution in [0.5, 0.6) is 0 Å². The molecule has 0 radical (unpaired) electrons. The molecule has 0 spiro atoms. The standard InChI is InChI=1S/C23H34O5/c1-14(24)27-17-9-10-22(4)16(13-17)5-6-19-18-7-8-20(28-15(2)25)21(18,3)11-12-23(19,22)26/h13,17-20,26H,5-12H2,1-4H3/t17-,18-,19-,20-,21-,22-,23+/m0/s1. The summed E-state index contributed by atoms with van der Waals surface area (Å²) in [4.78, 5) is 23.0. The van der Waals surface area contributed by atoms with E-state index in [-0.39, 0.29) is 40.9 Å². The molecular formula is C23H34O5. The lowest BCUT2D eigenvalue weighted by molar-refractivity contribution is -0.202. The van der Waals surface area contributed by atoms with E-state index in [4.69, 9.17) is 9.47 Å². The molecule has 0 aromatic rings. The topological polar surface area (TPSA) is 72.8 Å². The third kappa shape index (κ3) is 2.76. The second kappa shape index (κ2) is 6.58. The number of hydrogen-bond acceptors (Lipinski definition) is 5. The molecular weight excluding hydrogens is 356 g/mol. The molecule has 156 valence electrons. The Hall–Kier alpha value is -1.36. The maximum Gasteiger partial charge on any atom is 0.303 e. The average molecular weight is 391 g/mol. The van der Waals surface area contributed by atoms with E-state index < -0.39 is 5.60 Å². The second-order valence-electron chi connectivity index (χ2n) is 10.1. The maximum atomic E-state index is 12.1. The van der Waals surface area contributed by atoms with Crippen molar-refractivity contribution in [1.82, 2.24) is 0 Å². The summed E-state index contributed by atoms with van der Waals surface area (Å²) in [5.74, 6) is 0.186. The van der Waals surface area contributed by atoms with E-state index in [0.717, 1.165) is 51.4 Å². The molecule has 28 heavy (non-hydrogen) atoms. The fourth-order valence-electron chi connectivity index (χ4n) is 7.29. The van der Waals surface area contributed by atoms with Crippen molar-refractivity contribution < 1.29 is 24.2 Å². The van der Waals surface area contributed by atoms with Crippen molar-refractivity contribution in [2.75, 3.05) is 0 Å². The van der Waals surface area contributed by atoms with Crippen molar-refractivity contribution in [3.63, 3.8) is 0 Å². The second-order valence-corrected chi connectivity index (χ2v) is 10.1. The molecule has 0 unspecified atom stereocenters. The highest BCUT2D eigenvalue weighted by Crippen LogP contribution is 2.67. The van der Waals surface area contributed by atoms with Gasteiger partial charge in [0, 0.05) is 24.7 Å². The van der Waals surface area contributed by atoms with Gasteiger partial charge in [0.15, 0.2) is 0 Å². The van der Waals surface area contributed by atoms with Crippen LogP contribution < -0.4 is 0 Å². The van der Waals surface area contributed by atoms with Gasteiger partial charge in [-0.1, -0.05) is 19.4 Å². The summed E-state index contributed by atoms with van der Waals surface area (Å²) < 4.78 is 11.1. The minimum Gasteiger partial charge on any atom is -0.462 e. The van der Waals surface area contributed by atoms with Crippen LogP contribution in [0.2, 0.25) is 0 Å². The lowest BCUT2D eigenvalue weighted by atomic mass is 9.45. The van der Waals surface area contributed by atoms with Crippen molar-refractivity contribution in [2.45, 2.75) is 96.9 Å². The van der Waals surface area contributed by atoms with Gasteiger partial charge < -0.3 is 14.6 Å². The summed E-state index contributed by atoms with van der Waals surface area (Å²) in [7, 11) is 0. The van der Waals surface area contributed by atoms with Crippen molar-refractivity contribution in [3.05, 3.63) is 11.6 Å². The van der Waals surface area contributed by atoms with Crippen LogP contribution in [0.25, 0.3) is 0 Å². The SMILES string of the molecule is CC(=O)O[C@@H]1C=C2CC[C@H]3[C@@H]4CC[C@H](OC(C)=O)[C@@]4(C)CC[C@]3(O)[C@@]2(C)CC1. The molecule has 4 aliphatic carbocycles. The summed E-state index contributed by atoms with van der Waals surface area (Å²) in [6.07, 6.45) is 9.01. The van der Waals surface area contributed by atoms with Crippen molar-refractivity contribution >= 4 is 11.9 Å². The Morgan fingerprint density at radius 3 is 2.36 bits per heavy atom. The molecule has 0 heterocycles. The van der Waals surface area contributed by atoms with Gasteiger partial charge in [-0.05, 0) is 69.3 Å². The molecule has 4 rings (SSSR count). The Labute approximate surface area is 167 Å². The molecule has 0 aliphatic heterocycles. The molecule has 0 saturated heterocycles. The summed E-state index contributed by atoms with van der Waals surface area (Å²) in [6, 6.07) is 0. The highest BCUT2D eigenvalue weighted by Gasteiger charge is 2.66. The predicted molar refractivity (Wildman–Crippen MR) is 104 cm³/mol. The summed E-state index contributed by atoms with van der Waals surface area (Å²) in [6.45, 7) is 7.44. The minimum atomic E-state index is -0.729. The Morgan fingerprint density at radius 1 is 0.964 bits per heavy atom. The van der Waals surface area contributed by atoms with Gasteiger partial charge in [-0.3, -0.25) is 9.59 Å². The first kappa shape index (κ1) is 19.9. The number of rotatable bonds is 2. The number of fused-ring (bicyclic) bond motifs is 5. The van der Waals surface area contributed by atoms with E-state index in [1.807, 2.05) is 0 Å². The van der Waals surface area contributed by atoms with Crippen molar-refractivity contribution in [2.24, 2.45) is 22.7 Å². The van der Waals surface area contributed by atoms with Crippen LogP contribution in [0, 0.1) is 22.7 Å². The molecule has 0 bridgehead atoms. The Kier molecular flexibility index (Phi) is 4.68. The number of hydrogen-bond donors (Lipinski definition) is 1. The van der Waals surface area contributed by atoms with Crippen LogP contribution in [0.1, 0.15) is 79.1 Å². The first-order valence-electron chi connectivity index (χ1n) is 10.9. The Bertz CT molecular complexity index is 714. The molecule has 3 fully saturated rings. The van der Waals surface area contributed by atoms with E-state index in [1.165, 1.54) is 19.4 Å². The molecule has 4 aliphatic rings. The molecule has 0 amide bonds. The van der Waals surface area contributed by atoms with Gasteiger partial charge in [-0.25, -0.2) is 0 Å². The van der Waals surface area contributed by atoms with Crippen LogP contribution >= 0.6 is 0 Å². The lowest BCUT2D eigenvalue weighted by Gasteiger charge is -2.63. The Morgan fingerprint density at radius 2 is 1.68 bits per heavy atom. The third-order valence-electron chi connectivity index (χ3n) is 8.80. The van der Waals surface area contributed by atoms with Gasteiger partial charge in [0.1, 0.15) is 12.2 Å². The zero-order valence-corrected chi connectivity index (χ0v) is 17.6. The number of aliphatic hydroxyl groups is 1. The fourth-order valence-corrected chi connectivity index (χ4v) is 7.29. The number of esters is 2. The lowest BCUT2D eigenvalue weighted by Crippen LogP contribution is -2.63. The van der Waals surface area contributed by atoms with E-state index in [9.17, 15) is 14.7 Å². The summed E-state index contributed by atoms with van der Waals surface area (Å²) in [5, 5.41) is 12.1. The summed E-state index contributed by atoms with van der Waals surface area (Å²) >= 11 is 0. The van der Waals surface area contributed by atoms with Crippen LogP contribution in [0.3, 0.4) is 0 Å². The molecule has 7 atom stereocenters. The van der Waals surface area contributed by atoms with Crippen LogP contribution in [0.4, 0.5) is 0 Å². The highest BCUT2D eigenvalue weighted by atomic mass is 16.5. The van der Waals surface area contributed by atoms with E-state index in [2.05, 4.69) is 19.9 Å². The average Bonchev–Trinajstić information content (AvgIpc) is 2.92. The highest BCUT2D eigenvalue weighted by molar-refractivity contribution is 5.66. The van der Waals surface area contributed by atoms with Gasteiger partial charge >= 0.3 is 11.9 Å². The predicted octanol–water partition coefficient (Wildman–Crippen LogP) is 3.93. The van der Waals surface area contributed by atoms with Crippen LogP contribution in [-0.2, 0) is 19.1 Å². The van der Waals surface area contributed by atoms with E-state index in [0.29, 0.717) is 5.92 Å². The van der Waals surface area contributed by atoms with Crippen LogP contribution in [0.15, 0.2) is 11.6 Å². The first-order chi connectivity index (χ1) is 13.1. The molecule has 1 N–H and O–H groups in total. The monoisotopic (exact) mass is 390 g/mol. The van der Waals surface area contributed by atoms with Crippen LogP contribution in [-0.4, -0.2) is 34.9 Å². The third-order valence-corrected chi connectivity index (χ3v) is 8.80.